The predicted molar refractivity (Wildman–Crippen MR) is 116 cm³/mol. The van der Waals surface area contributed by atoms with Gasteiger partial charge >= 0.3 is 0 Å². The minimum absolute atomic E-state index is 0.0699. The normalized spacial score (nSPS) is 16.1. The monoisotopic (exact) mass is 394 g/mol. The van der Waals surface area contributed by atoms with Crippen LogP contribution >= 0.6 is 11.3 Å². The summed E-state index contributed by atoms with van der Waals surface area (Å²) in [6.07, 6.45) is 4.95. The van der Waals surface area contributed by atoms with Crippen LogP contribution in [0.15, 0.2) is 18.5 Å². The van der Waals surface area contributed by atoms with Crippen molar-refractivity contribution in [3.05, 3.63) is 45.6 Å². The van der Waals surface area contributed by atoms with Crippen LogP contribution in [0, 0.1) is 26.7 Å². The number of thiophene rings is 1. The van der Waals surface area contributed by atoms with Crippen LogP contribution in [0.25, 0.3) is 10.2 Å². The molecule has 0 saturated heterocycles. The highest BCUT2D eigenvalue weighted by atomic mass is 32.1. The molecule has 28 heavy (non-hydrogen) atoms. The summed E-state index contributed by atoms with van der Waals surface area (Å²) in [5.41, 5.74) is 5.62. The van der Waals surface area contributed by atoms with Crippen LogP contribution in [0.5, 0.6) is 0 Å². The van der Waals surface area contributed by atoms with Crippen LogP contribution in [0.3, 0.4) is 0 Å². The quantitative estimate of drug-likeness (QED) is 0.667. The van der Waals surface area contributed by atoms with Gasteiger partial charge in [-0.15, -0.1) is 11.3 Å². The number of aromatic nitrogens is 2. The fourth-order valence-electron chi connectivity index (χ4n) is 4.13. The number of amides is 1. The number of carbonyl (C=O) groups excluding carboxylic acids is 1. The van der Waals surface area contributed by atoms with Gasteiger partial charge in [-0.3, -0.25) is 4.79 Å². The molecule has 5 nitrogen and oxygen atoms in total. The number of hydrogen-bond acceptors (Lipinski definition) is 5. The summed E-state index contributed by atoms with van der Waals surface area (Å²) in [5.74, 6) is 1.42. The SMILES string of the molecule is Cc1cc(C)c(NC(=O)CNc2ncnc3sc4c(c23)CC[C@@H](C)C4)c(C)c1. The molecule has 1 atom stereocenters. The maximum atomic E-state index is 12.6. The Morgan fingerprint density at radius 1 is 1.21 bits per heavy atom. The number of rotatable bonds is 4. The van der Waals surface area contributed by atoms with E-state index in [1.807, 2.05) is 13.8 Å². The molecule has 0 bridgehead atoms. The van der Waals surface area contributed by atoms with Crippen LogP contribution < -0.4 is 10.6 Å². The molecule has 2 N–H and O–H groups in total. The maximum Gasteiger partial charge on any atom is 0.243 e. The number of anilines is 2. The van der Waals surface area contributed by atoms with Crippen molar-refractivity contribution in [3.8, 4) is 0 Å². The van der Waals surface area contributed by atoms with Gasteiger partial charge < -0.3 is 10.6 Å². The second kappa shape index (κ2) is 7.51. The molecule has 0 aliphatic heterocycles. The van der Waals surface area contributed by atoms with Crippen LogP contribution in [0.2, 0.25) is 0 Å². The zero-order valence-corrected chi connectivity index (χ0v) is 17.7. The topological polar surface area (TPSA) is 66.9 Å². The summed E-state index contributed by atoms with van der Waals surface area (Å²) < 4.78 is 0. The van der Waals surface area contributed by atoms with Gasteiger partial charge in [0.2, 0.25) is 5.91 Å². The number of hydrogen-bond donors (Lipinski definition) is 2. The van der Waals surface area contributed by atoms with Crippen LogP contribution in [0.4, 0.5) is 11.5 Å². The highest BCUT2D eigenvalue weighted by Gasteiger charge is 2.23. The van der Waals surface area contributed by atoms with E-state index in [1.54, 1.807) is 17.7 Å². The lowest BCUT2D eigenvalue weighted by Gasteiger charge is -2.18. The maximum absolute atomic E-state index is 12.6. The molecular formula is C22H26N4OS. The Morgan fingerprint density at radius 3 is 2.71 bits per heavy atom. The third-order valence-corrected chi connectivity index (χ3v) is 6.61. The molecule has 146 valence electrons. The molecule has 0 radical (unpaired) electrons. The van der Waals surface area contributed by atoms with Gasteiger partial charge in [0.25, 0.3) is 0 Å². The summed E-state index contributed by atoms with van der Waals surface area (Å²) in [6.45, 7) is 8.60. The Labute approximate surface area is 169 Å². The van der Waals surface area contributed by atoms with Crippen LogP contribution in [-0.2, 0) is 17.6 Å². The molecule has 3 aromatic rings. The average Bonchev–Trinajstić information content (AvgIpc) is 3.00. The first-order valence-corrected chi connectivity index (χ1v) is 10.6. The molecule has 0 fully saturated rings. The molecule has 2 heterocycles. The number of nitrogens with zero attached hydrogens (tertiary/aromatic N) is 2. The third-order valence-electron chi connectivity index (χ3n) is 5.45. The molecule has 0 unspecified atom stereocenters. The van der Waals surface area contributed by atoms with Gasteiger partial charge in [0.15, 0.2) is 0 Å². The van der Waals surface area contributed by atoms with E-state index in [-0.39, 0.29) is 12.5 Å². The molecule has 1 aliphatic carbocycles. The van der Waals surface area contributed by atoms with E-state index in [4.69, 9.17) is 0 Å². The zero-order chi connectivity index (χ0) is 19.8. The largest absolute Gasteiger partial charge is 0.360 e. The Kier molecular flexibility index (Phi) is 5.06. The van der Waals surface area contributed by atoms with Gasteiger partial charge in [0.05, 0.1) is 11.9 Å². The van der Waals surface area contributed by atoms with Crippen molar-refractivity contribution >= 4 is 39.0 Å². The Bertz CT molecular complexity index is 1030. The molecule has 1 aromatic carbocycles. The highest BCUT2D eigenvalue weighted by molar-refractivity contribution is 7.19. The van der Waals surface area contributed by atoms with Gasteiger partial charge in [-0.25, -0.2) is 9.97 Å². The van der Waals surface area contributed by atoms with Crippen molar-refractivity contribution in [2.24, 2.45) is 5.92 Å². The van der Waals surface area contributed by atoms with E-state index in [9.17, 15) is 4.79 Å². The number of nitrogens with one attached hydrogen (secondary N) is 2. The summed E-state index contributed by atoms with van der Waals surface area (Å²) in [5, 5.41) is 7.39. The molecular weight excluding hydrogens is 368 g/mol. The Hall–Kier alpha value is -2.47. The molecule has 4 rings (SSSR count). The second-order valence-corrected chi connectivity index (χ2v) is 9.01. The fourth-order valence-corrected chi connectivity index (χ4v) is 5.48. The van der Waals surface area contributed by atoms with E-state index in [0.29, 0.717) is 0 Å². The molecule has 2 aromatic heterocycles. The summed E-state index contributed by atoms with van der Waals surface area (Å²) in [7, 11) is 0. The second-order valence-electron chi connectivity index (χ2n) is 7.93. The standard InChI is InChI=1S/C22H26N4OS/c1-12-5-6-16-17(9-12)28-22-19(16)21(24-11-25-22)23-10-18(27)26-20-14(3)7-13(2)8-15(20)4/h7-8,11-12H,5-6,9-10H2,1-4H3,(H,26,27)(H,23,24,25)/t12-/m1/s1. The first-order chi connectivity index (χ1) is 13.4. The van der Waals surface area contributed by atoms with E-state index >= 15 is 0 Å². The van der Waals surface area contributed by atoms with Gasteiger partial charge in [-0.1, -0.05) is 24.6 Å². The van der Waals surface area contributed by atoms with Crippen LogP contribution in [0.1, 0.15) is 40.5 Å². The van der Waals surface area contributed by atoms with Gasteiger partial charge in [0.1, 0.15) is 17.0 Å². The van der Waals surface area contributed by atoms with Gasteiger partial charge in [0, 0.05) is 10.6 Å². The fraction of sp³-hybridized carbons (Fsp3) is 0.409. The predicted octanol–water partition coefficient (Wildman–Crippen LogP) is 4.79. The van der Waals surface area contributed by atoms with Crippen molar-refractivity contribution in [2.75, 3.05) is 17.2 Å². The first-order valence-electron chi connectivity index (χ1n) is 9.79. The third kappa shape index (κ3) is 3.61. The molecule has 1 amide bonds. The zero-order valence-electron chi connectivity index (χ0n) is 16.8. The lowest BCUT2D eigenvalue weighted by atomic mass is 9.89. The van der Waals surface area contributed by atoms with Gasteiger partial charge in [-0.2, -0.15) is 0 Å². The van der Waals surface area contributed by atoms with Gasteiger partial charge in [-0.05, 0) is 62.6 Å². The number of fused-ring (bicyclic) bond motifs is 3. The molecule has 1 aliphatic rings. The number of benzene rings is 1. The summed E-state index contributed by atoms with van der Waals surface area (Å²) >= 11 is 1.77. The smallest absolute Gasteiger partial charge is 0.243 e. The average molecular weight is 395 g/mol. The van der Waals surface area contributed by atoms with E-state index < -0.39 is 0 Å². The van der Waals surface area contributed by atoms with Crippen LogP contribution in [-0.4, -0.2) is 22.4 Å². The minimum Gasteiger partial charge on any atom is -0.360 e. The number of aryl methyl sites for hydroxylation is 4. The van der Waals surface area contributed by atoms with E-state index in [1.165, 1.54) is 22.4 Å². The highest BCUT2D eigenvalue weighted by Crippen LogP contribution is 2.39. The minimum atomic E-state index is -0.0699. The molecule has 0 spiro atoms. The van der Waals surface area contributed by atoms with Crippen molar-refractivity contribution in [1.82, 2.24) is 9.97 Å². The summed E-state index contributed by atoms with van der Waals surface area (Å²) in [4.78, 5) is 23.9. The van der Waals surface area contributed by atoms with Crippen molar-refractivity contribution in [3.63, 3.8) is 0 Å². The molecule has 6 heteroatoms. The van der Waals surface area contributed by atoms with E-state index in [2.05, 4.69) is 46.6 Å². The summed E-state index contributed by atoms with van der Waals surface area (Å²) in [6, 6.07) is 4.17. The van der Waals surface area contributed by atoms with Crippen molar-refractivity contribution < 1.29 is 4.79 Å². The molecule has 0 saturated carbocycles. The first kappa shape index (κ1) is 18.9. The van der Waals surface area contributed by atoms with E-state index in [0.717, 1.165) is 51.6 Å². The van der Waals surface area contributed by atoms with Crippen molar-refractivity contribution in [1.29, 1.82) is 0 Å². The van der Waals surface area contributed by atoms with Crippen molar-refractivity contribution in [2.45, 2.75) is 47.0 Å². The Morgan fingerprint density at radius 2 is 1.96 bits per heavy atom. The Balaban J connectivity index is 1.52. The number of carbonyl (C=O) groups is 1. The lowest BCUT2D eigenvalue weighted by molar-refractivity contribution is -0.114. The lowest BCUT2D eigenvalue weighted by Crippen LogP contribution is -2.23.